The Morgan fingerprint density at radius 3 is 3.05 bits per heavy atom. The van der Waals surface area contributed by atoms with Crippen molar-refractivity contribution in [1.82, 2.24) is 15.5 Å². The van der Waals surface area contributed by atoms with E-state index in [1.807, 2.05) is 13.0 Å². The maximum absolute atomic E-state index is 12.0. The number of nitrogens with zero attached hydrogens (tertiary/aromatic N) is 2. The Bertz CT molecular complexity index is 554. The minimum absolute atomic E-state index is 0.0402. The van der Waals surface area contributed by atoms with Crippen LogP contribution in [0.4, 0.5) is 0 Å². The number of aliphatic hydroxyl groups excluding tert-OH is 1. The summed E-state index contributed by atoms with van der Waals surface area (Å²) in [6, 6.07) is 5.13. The average Bonchev–Trinajstić information content (AvgIpc) is 2.97. The topological polar surface area (TPSA) is 88.2 Å². The first-order valence-electron chi connectivity index (χ1n) is 6.53. The molecule has 0 aliphatic carbocycles. The van der Waals surface area contributed by atoms with Gasteiger partial charge in [-0.2, -0.15) is 0 Å². The number of amides is 1. The fourth-order valence-corrected chi connectivity index (χ4v) is 1.82. The molecule has 20 heavy (non-hydrogen) atoms. The molecule has 0 aliphatic rings. The standard InChI is InChI=1S/C14H17N3O3/c1-2-11(5-7-18)16-14(19)12-8-13(20-17-12)10-4-3-6-15-9-10/h3-4,6,8-9,11,18H,2,5,7H2,1H3,(H,16,19). The first kappa shape index (κ1) is 14.2. The van der Waals surface area contributed by atoms with Crippen molar-refractivity contribution in [3.8, 4) is 11.3 Å². The molecular formula is C14H17N3O3. The molecular weight excluding hydrogens is 258 g/mol. The zero-order valence-corrected chi connectivity index (χ0v) is 11.2. The number of hydrogen-bond donors (Lipinski definition) is 2. The van der Waals surface area contributed by atoms with Crippen molar-refractivity contribution in [2.75, 3.05) is 6.61 Å². The van der Waals surface area contributed by atoms with Crippen molar-refractivity contribution in [1.29, 1.82) is 0 Å². The van der Waals surface area contributed by atoms with E-state index in [0.29, 0.717) is 12.2 Å². The van der Waals surface area contributed by atoms with Gasteiger partial charge in [-0.1, -0.05) is 12.1 Å². The summed E-state index contributed by atoms with van der Waals surface area (Å²) in [5.74, 6) is 0.197. The Hall–Kier alpha value is -2.21. The normalized spacial score (nSPS) is 12.1. The number of carbonyl (C=O) groups excluding carboxylic acids is 1. The summed E-state index contributed by atoms with van der Waals surface area (Å²) >= 11 is 0. The second kappa shape index (κ2) is 6.81. The molecule has 1 amide bonds. The second-order valence-corrected chi connectivity index (χ2v) is 4.41. The predicted molar refractivity (Wildman–Crippen MR) is 73.0 cm³/mol. The van der Waals surface area contributed by atoms with E-state index in [0.717, 1.165) is 12.0 Å². The fraction of sp³-hybridized carbons (Fsp3) is 0.357. The number of aromatic nitrogens is 2. The Morgan fingerprint density at radius 2 is 2.40 bits per heavy atom. The number of pyridine rings is 1. The van der Waals surface area contributed by atoms with Crippen LogP contribution in [0.25, 0.3) is 11.3 Å². The highest BCUT2D eigenvalue weighted by molar-refractivity contribution is 5.93. The van der Waals surface area contributed by atoms with E-state index in [9.17, 15) is 4.79 Å². The molecule has 0 aliphatic heterocycles. The molecule has 0 fully saturated rings. The quantitative estimate of drug-likeness (QED) is 0.836. The van der Waals surface area contributed by atoms with E-state index in [4.69, 9.17) is 9.63 Å². The lowest BCUT2D eigenvalue weighted by Crippen LogP contribution is -2.35. The molecule has 6 nitrogen and oxygen atoms in total. The highest BCUT2D eigenvalue weighted by Crippen LogP contribution is 2.18. The van der Waals surface area contributed by atoms with Crippen LogP contribution in [0, 0.1) is 0 Å². The van der Waals surface area contributed by atoms with Crippen molar-refractivity contribution in [2.24, 2.45) is 0 Å². The third-order valence-corrected chi connectivity index (χ3v) is 2.99. The molecule has 0 aromatic carbocycles. The van der Waals surface area contributed by atoms with Crippen molar-refractivity contribution < 1.29 is 14.4 Å². The van der Waals surface area contributed by atoms with Gasteiger partial charge in [0, 0.05) is 36.7 Å². The summed E-state index contributed by atoms with van der Waals surface area (Å²) in [7, 11) is 0. The van der Waals surface area contributed by atoms with E-state index >= 15 is 0 Å². The summed E-state index contributed by atoms with van der Waals surface area (Å²) in [6.45, 7) is 1.99. The zero-order chi connectivity index (χ0) is 14.4. The molecule has 0 radical (unpaired) electrons. The number of nitrogens with one attached hydrogen (secondary N) is 1. The first-order valence-corrected chi connectivity index (χ1v) is 6.53. The number of aliphatic hydroxyl groups is 1. The van der Waals surface area contributed by atoms with Gasteiger partial charge in [0.2, 0.25) is 0 Å². The minimum Gasteiger partial charge on any atom is -0.396 e. The molecule has 2 aromatic rings. The van der Waals surface area contributed by atoms with Crippen molar-refractivity contribution in [2.45, 2.75) is 25.8 Å². The molecule has 0 saturated carbocycles. The largest absolute Gasteiger partial charge is 0.396 e. The van der Waals surface area contributed by atoms with E-state index in [1.165, 1.54) is 0 Å². The molecule has 2 heterocycles. The molecule has 0 bridgehead atoms. The molecule has 1 atom stereocenters. The number of rotatable bonds is 6. The highest BCUT2D eigenvalue weighted by Gasteiger charge is 2.16. The minimum atomic E-state index is -0.302. The molecule has 106 valence electrons. The van der Waals surface area contributed by atoms with E-state index in [2.05, 4.69) is 15.5 Å². The molecule has 2 N–H and O–H groups in total. The van der Waals surface area contributed by atoms with Gasteiger partial charge in [-0.05, 0) is 25.0 Å². The van der Waals surface area contributed by atoms with Crippen LogP contribution in [0.5, 0.6) is 0 Å². The smallest absolute Gasteiger partial charge is 0.273 e. The van der Waals surface area contributed by atoms with Crippen molar-refractivity contribution in [3.05, 3.63) is 36.3 Å². The highest BCUT2D eigenvalue weighted by atomic mass is 16.5. The summed E-state index contributed by atoms with van der Waals surface area (Å²) in [6.07, 6.45) is 4.58. The summed E-state index contributed by atoms with van der Waals surface area (Å²) in [4.78, 5) is 16.0. The van der Waals surface area contributed by atoms with Crippen LogP contribution in [0.3, 0.4) is 0 Å². The van der Waals surface area contributed by atoms with Crippen LogP contribution in [0.1, 0.15) is 30.3 Å². The van der Waals surface area contributed by atoms with Crippen LogP contribution >= 0.6 is 0 Å². The van der Waals surface area contributed by atoms with Gasteiger partial charge in [0.05, 0.1) is 0 Å². The zero-order valence-electron chi connectivity index (χ0n) is 11.2. The lowest BCUT2D eigenvalue weighted by molar-refractivity contribution is 0.0920. The van der Waals surface area contributed by atoms with Gasteiger partial charge < -0.3 is 14.9 Å². The van der Waals surface area contributed by atoms with Crippen molar-refractivity contribution in [3.63, 3.8) is 0 Å². The Labute approximate surface area is 116 Å². The summed E-state index contributed by atoms with van der Waals surface area (Å²) in [5, 5.41) is 15.5. The predicted octanol–water partition coefficient (Wildman–Crippen LogP) is 1.63. The third-order valence-electron chi connectivity index (χ3n) is 2.99. The van der Waals surface area contributed by atoms with Gasteiger partial charge in [0.15, 0.2) is 11.5 Å². The van der Waals surface area contributed by atoms with E-state index in [-0.39, 0.29) is 24.2 Å². The number of carbonyl (C=O) groups is 1. The van der Waals surface area contributed by atoms with Gasteiger partial charge >= 0.3 is 0 Å². The SMILES string of the molecule is CCC(CCO)NC(=O)c1cc(-c2cccnc2)on1. The fourth-order valence-electron chi connectivity index (χ4n) is 1.82. The number of hydrogen-bond acceptors (Lipinski definition) is 5. The van der Waals surface area contributed by atoms with Gasteiger partial charge in [-0.15, -0.1) is 0 Å². The summed E-state index contributed by atoms with van der Waals surface area (Å²) < 4.78 is 5.15. The Morgan fingerprint density at radius 1 is 1.55 bits per heavy atom. The van der Waals surface area contributed by atoms with Crippen LogP contribution in [0.2, 0.25) is 0 Å². The van der Waals surface area contributed by atoms with Gasteiger partial charge in [-0.3, -0.25) is 9.78 Å². The maximum Gasteiger partial charge on any atom is 0.273 e. The monoisotopic (exact) mass is 275 g/mol. The van der Waals surface area contributed by atoms with E-state index < -0.39 is 0 Å². The average molecular weight is 275 g/mol. The lowest BCUT2D eigenvalue weighted by atomic mass is 10.1. The Balaban J connectivity index is 2.07. The first-order chi connectivity index (χ1) is 9.74. The van der Waals surface area contributed by atoms with Gasteiger partial charge in [-0.25, -0.2) is 0 Å². The van der Waals surface area contributed by atoms with Crippen LogP contribution in [-0.2, 0) is 0 Å². The lowest BCUT2D eigenvalue weighted by Gasteiger charge is -2.14. The van der Waals surface area contributed by atoms with Gasteiger partial charge in [0.25, 0.3) is 5.91 Å². The molecule has 2 rings (SSSR count). The second-order valence-electron chi connectivity index (χ2n) is 4.41. The maximum atomic E-state index is 12.0. The molecule has 2 aromatic heterocycles. The van der Waals surface area contributed by atoms with Crippen LogP contribution in [0.15, 0.2) is 35.1 Å². The molecule has 0 spiro atoms. The molecule has 1 unspecified atom stereocenters. The Kier molecular flexibility index (Phi) is 4.84. The summed E-state index contributed by atoms with van der Waals surface area (Å²) in [5.41, 5.74) is 0.988. The van der Waals surface area contributed by atoms with E-state index in [1.54, 1.807) is 24.5 Å². The van der Waals surface area contributed by atoms with Crippen LogP contribution < -0.4 is 5.32 Å². The van der Waals surface area contributed by atoms with Crippen molar-refractivity contribution >= 4 is 5.91 Å². The van der Waals surface area contributed by atoms with Gasteiger partial charge in [0.1, 0.15) is 0 Å². The molecule has 6 heteroatoms. The van der Waals surface area contributed by atoms with Crippen LogP contribution in [-0.4, -0.2) is 33.8 Å². The third kappa shape index (κ3) is 3.42. The molecule has 0 saturated heterocycles.